The average molecular weight is 410 g/mol. The zero-order valence-electron chi connectivity index (χ0n) is 17.0. The topological polar surface area (TPSA) is 66.8 Å². The standard InChI is InChI=1S/C22H27N5OS/c1-14-6-5-7-15(2)26(14)20(28)13-29-22-25-24-21(27(22)16-10-11-16)18-12-23-19-9-4-3-8-17(18)19/h3-4,8-9,12,14-16,23H,5-7,10-11,13H2,1-2H3/t14-,15-/m1/s1. The third kappa shape index (κ3) is 3.45. The molecule has 1 aromatic carbocycles. The molecule has 1 saturated carbocycles. The van der Waals surface area contributed by atoms with E-state index in [0.717, 1.165) is 53.1 Å². The summed E-state index contributed by atoms with van der Waals surface area (Å²) in [6.07, 6.45) is 7.73. The maximum absolute atomic E-state index is 12.9. The summed E-state index contributed by atoms with van der Waals surface area (Å²) in [6, 6.07) is 9.37. The minimum absolute atomic E-state index is 0.216. The Balaban J connectivity index is 1.40. The Hall–Kier alpha value is -2.28. The number of aromatic nitrogens is 4. The van der Waals surface area contributed by atoms with E-state index < -0.39 is 0 Å². The molecule has 152 valence electrons. The molecule has 2 atom stereocenters. The van der Waals surface area contributed by atoms with E-state index >= 15 is 0 Å². The number of nitrogens with one attached hydrogen (secondary N) is 1. The van der Waals surface area contributed by atoms with Gasteiger partial charge in [-0.05, 0) is 52.0 Å². The first-order valence-electron chi connectivity index (χ1n) is 10.6. The third-order valence-electron chi connectivity index (χ3n) is 6.21. The van der Waals surface area contributed by atoms with Crippen LogP contribution in [0.4, 0.5) is 0 Å². The van der Waals surface area contributed by atoms with Crippen LogP contribution in [0.5, 0.6) is 0 Å². The fourth-order valence-corrected chi connectivity index (χ4v) is 5.47. The van der Waals surface area contributed by atoms with Crippen molar-refractivity contribution in [2.24, 2.45) is 0 Å². The molecule has 2 fully saturated rings. The molecule has 2 aliphatic rings. The van der Waals surface area contributed by atoms with E-state index in [2.05, 4.69) is 50.6 Å². The summed E-state index contributed by atoms with van der Waals surface area (Å²) in [5, 5.41) is 11.0. The molecule has 3 heterocycles. The predicted octanol–water partition coefficient (Wildman–Crippen LogP) is 4.64. The number of thioether (sulfide) groups is 1. The predicted molar refractivity (Wildman–Crippen MR) is 116 cm³/mol. The molecule has 0 radical (unpaired) electrons. The van der Waals surface area contributed by atoms with Crippen molar-refractivity contribution in [1.82, 2.24) is 24.6 Å². The van der Waals surface area contributed by atoms with Gasteiger partial charge in [-0.1, -0.05) is 30.0 Å². The number of carbonyl (C=O) groups is 1. The summed E-state index contributed by atoms with van der Waals surface area (Å²) < 4.78 is 2.25. The molecule has 5 rings (SSSR count). The molecule has 7 heteroatoms. The molecule has 0 bridgehead atoms. The number of likely N-dealkylation sites (tertiary alicyclic amines) is 1. The number of nitrogens with zero attached hydrogens (tertiary/aromatic N) is 4. The maximum atomic E-state index is 12.9. The highest BCUT2D eigenvalue weighted by molar-refractivity contribution is 7.99. The van der Waals surface area contributed by atoms with E-state index in [1.807, 2.05) is 18.3 Å². The van der Waals surface area contributed by atoms with Gasteiger partial charge in [-0.25, -0.2) is 0 Å². The number of piperidine rings is 1. The fraction of sp³-hybridized carbons (Fsp3) is 0.500. The summed E-state index contributed by atoms with van der Waals surface area (Å²) in [5.74, 6) is 1.54. The smallest absolute Gasteiger partial charge is 0.233 e. The number of benzene rings is 1. The highest BCUT2D eigenvalue weighted by atomic mass is 32.2. The summed E-state index contributed by atoms with van der Waals surface area (Å²) in [4.78, 5) is 18.4. The van der Waals surface area contributed by atoms with E-state index in [1.54, 1.807) is 0 Å². The van der Waals surface area contributed by atoms with E-state index in [9.17, 15) is 4.79 Å². The lowest BCUT2D eigenvalue weighted by Crippen LogP contribution is -2.48. The Morgan fingerprint density at radius 2 is 1.90 bits per heavy atom. The molecule has 1 amide bonds. The van der Waals surface area contributed by atoms with Crippen molar-refractivity contribution >= 4 is 28.6 Å². The number of rotatable bonds is 5. The second kappa shape index (κ2) is 7.52. The van der Waals surface area contributed by atoms with Gasteiger partial charge in [0.05, 0.1) is 5.75 Å². The van der Waals surface area contributed by atoms with E-state index in [1.165, 1.54) is 18.2 Å². The first-order valence-corrected chi connectivity index (χ1v) is 11.6. The van der Waals surface area contributed by atoms with Gasteiger partial charge in [0.1, 0.15) is 0 Å². The van der Waals surface area contributed by atoms with Crippen molar-refractivity contribution in [1.29, 1.82) is 0 Å². The van der Waals surface area contributed by atoms with Gasteiger partial charge in [0.2, 0.25) is 5.91 Å². The van der Waals surface area contributed by atoms with Crippen LogP contribution in [0.3, 0.4) is 0 Å². The van der Waals surface area contributed by atoms with E-state index in [-0.39, 0.29) is 5.91 Å². The lowest BCUT2D eigenvalue weighted by Gasteiger charge is -2.39. The fourth-order valence-electron chi connectivity index (χ4n) is 4.59. The Kier molecular flexibility index (Phi) is 4.86. The average Bonchev–Trinajstić information content (AvgIpc) is 3.32. The first kappa shape index (κ1) is 18.7. The molecular weight excluding hydrogens is 382 g/mol. The van der Waals surface area contributed by atoms with Crippen molar-refractivity contribution in [3.63, 3.8) is 0 Å². The van der Waals surface area contributed by atoms with Crippen LogP contribution in [0, 0.1) is 0 Å². The summed E-state index contributed by atoms with van der Waals surface area (Å²) in [7, 11) is 0. The van der Waals surface area contributed by atoms with Gasteiger partial charge in [0.25, 0.3) is 0 Å². The first-order chi connectivity index (χ1) is 14.1. The Morgan fingerprint density at radius 1 is 1.14 bits per heavy atom. The highest BCUT2D eigenvalue weighted by Gasteiger charge is 2.32. The molecule has 1 aliphatic heterocycles. The molecule has 1 aliphatic carbocycles. The van der Waals surface area contributed by atoms with Crippen LogP contribution >= 0.6 is 11.8 Å². The largest absolute Gasteiger partial charge is 0.360 e. The number of hydrogen-bond acceptors (Lipinski definition) is 4. The number of carbonyl (C=O) groups excluding carboxylic acids is 1. The zero-order valence-corrected chi connectivity index (χ0v) is 17.8. The SMILES string of the molecule is C[C@@H]1CCC[C@@H](C)N1C(=O)CSc1nnc(-c2c[nH]c3ccccc23)n1C1CC1. The second-order valence-electron chi connectivity index (χ2n) is 8.37. The molecule has 3 aromatic rings. The molecule has 1 N–H and O–H groups in total. The lowest BCUT2D eigenvalue weighted by molar-refractivity contribution is -0.134. The van der Waals surface area contributed by atoms with Gasteiger partial charge in [-0.3, -0.25) is 9.36 Å². The molecule has 2 aromatic heterocycles. The van der Waals surface area contributed by atoms with Gasteiger partial charge in [-0.2, -0.15) is 0 Å². The molecular formula is C22H27N5OS. The Labute approximate surface area is 175 Å². The maximum Gasteiger partial charge on any atom is 0.233 e. The second-order valence-corrected chi connectivity index (χ2v) is 9.32. The van der Waals surface area contributed by atoms with Gasteiger partial charge in [-0.15, -0.1) is 10.2 Å². The van der Waals surface area contributed by atoms with Gasteiger partial charge >= 0.3 is 0 Å². The van der Waals surface area contributed by atoms with Gasteiger partial charge < -0.3 is 9.88 Å². The summed E-state index contributed by atoms with van der Waals surface area (Å²) in [5.41, 5.74) is 2.18. The monoisotopic (exact) mass is 409 g/mol. The van der Waals surface area contributed by atoms with Crippen LogP contribution in [0.25, 0.3) is 22.3 Å². The minimum Gasteiger partial charge on any atom is -0.360 e. The Bertz CT molecular complexity index is 1030. The number of aromatic amines is 1. The van der Waals surface area contributed by atoms with Crippen molar-refractivity contribution in [2.75, 3.05) is 5.75 Å². The van der Waals surface area contributed by atoms with Crippen LogP contribution in [0.2, 0.25) is 0 Å². The third-order valence-corrected chi connectivity index (χ3v) is 7.14. The van der Waals surface area contributed by atoms with E-state index in [4.69, 9.17) is 0 Å². The normalized spacial score (nSPS) is 22.3. The number of H-pyrrole nitrogens is 1. The lowest BCUT2D eigenvalue weighted by atomic mass is 9.98. The molecule has 0 unspecified atom stereocenters. The molecule has 0 spiro atoms. The molecule has 29 heavy (non-hydrogen) atoms. The highest BCUT2D eigenvalue weighted by Crippen LogP contribution is 2.42. The Morgan fingerprint density at radius 3 is 2.66 bits per heavy atom. The van der Waals surface area contributed by atoms with E-state index in [0.29, 0.717) is 23.9 Å². The number of amides is 1. The number of fused-ring (bicyclic) bond motifs is 1. The van der Waals surface area contributed by atoms with Crippen molar-refractivity contribution in [2.45, 2.75) is 69.2 Å². The molecule has 1 saturated heterocycles. The van der Waals surface area contributed by atoms with Crippen molar-refractivity contribution < 1.29 is 4.79 Å². The zero-order chi connectivity index (χ0) is 20.0. The quantitative estimate of drug-likeness (QED) is 0.623. The van der Waals surface area contributed by atoms with Crippen molar-refractivity contribution in [3.8, 4) is 11.4 Å². The van der Waals surface area contributed by atoms with Crippen molar-refractivity contribution in [3.05, 3.63) is 30.5 Å². The van der Waals surface area contributed by atoms with Gasteiger partial charge in [0.15, 0.2) is 11.0 Å². The van der Waals surface area contributed by atoms with Gasteiger partial charge in [0, 0.05) is 40.8 Å². The summed E-state index contributed by atoms with van der Waals surface area (Å²) >= 11 is 1.53. The number of para-hydroxylation sites is 1. The summed E-state index contributed by atoms with van der Waals surface area (Å²) in [6.45, 7) is 4.33. The number of hydrogen-bond donors (Lipinski definition) is 1. The van der Waals surface area contributed by atoms with Crippen LogP contribution < -0.4 is 0 Å². The van der Waals surface area contributed by atoms with Crippen LogP contribution in [-0.2, 0) is 4.79 Å². The van der Waals surface area contributed by atoms with Crippen LogP contribution in [-0.4, -0.2) is 48.4 Å². The molecule has 6 nitrogen and oxygen atoms in total. The van der Waals surface area contributed by atoms with Crippen LogP contribution in [0.1, 0.15) is 52.0 Å². The minimum atomic E-state index is 0.216. The van der Waals surface area contributed by atoms with Crippen LogP contribution in [0.15, 0.2) is 35.6 Å².